The van der Waals surface area contributed by atoms with E-state index >= 15 is 0 Å². The minimum Gasteiger partial charge on any atom is -0.351 e. The Bertz CT molecular complexity index is 1450. The fraction of sp³-hybridized carbons (Fsp3) is 0.0400. The highest BCUT2D eigenvalue weighted by Gasteiger charge is 2.12. The molecule has 0 fully saturated rings. The lowest BCUT2D eigenvalue weighted by atomic mass is 10.2. The number of rotatable bonds is 5. The number of fused-ring (bicyclic) bond motifs is 1. The Morgan fingerprint density at radius 3 is 2.61 bits per heavy atom. The fourth-order valence-electron chi connectivity index (χ4n) is 3.54. The molecule has 5 aromatic rings. The molecule has 3 aromatic heterocycles. The van der Waals surface area contributed by atoms with E-state index in [1.165, 1.54) is 0 Å². The van der Waals surface area contributed by atoms with Gasteiger partial charge in [0.25, 0.3) is 11.8 Å². The molecule has 8 heteroatoms. The van der Waals surface area contributed by atoms with Crippen LogP contribution < -0.4 is 10.6 Å². The molecule has 3 N–H and O–H groups in total. The van der Waals surface area contributed by atoms with Gasteiger partial charge in [-0.25, -0.2) is 4.68 Å². The van der Waals surface area contributed by atoms with Crippen LogP contribution in [0.15, 0.2) is 85.3 Å². The SMILES string of the molecule is Cc1cc(NC(=O)c2cccc(-n3cc(NC(=O)c4cc5ccccc5[nH]4)cn3)c2)ccn1. The van der Waals surface area contributed by atoms with Crippen molar-refractivity contribution in [3.05, 3.63) is 102 Å². The second kappa shape index (κ2) is 8.43. The Balaban J connectivity index is 1.31. The molecular weight excluding hydrogens is 416 g/mol. The number of hydrogen-bond donors (Lipinski definition) is 3. The number of para-hydroxylation sites is 1. The summed E-state index contributed by atoms with van der Waals surface area (Å²) in [7, 11) is 0. The van der Waals surface area contributed by atoms with Crippen LogP contribution in [0.5, 0.6) is 0 Å². The van der Waals surface area contributed by atoms with E-state index in [0.29, 0.717) is 28.3 Å². The molecule has 2 aromatic carbocycles. The Morgan fingerprint density at radius 1 is 0.909 bits per heavy atom. The van der Waals surface area contributed by atoms with E-state index in [4.69, 9.17) is 0 Å². The van der Waals surface area contributed by atoms with Crippen molar-refractivity contribution in [1.29, 1.82) is 0 Å². The quantitative estimate of drug-likeness (QED) is 0.376. The third-order valence-corrected chi connectivity index (χ3v) is 5.14. The first-order valence-electron chi connectivity index (χ1n) is 10.3. The summed E-state index contributed by atoms with van der Waals surface area (Å²) in [6, 6.07) is 20.1. The third kappa shape index (κ3) is 4.35. The summed E-state index contributed by atoms with van der Waals surface area (Å²) in [5.41, 5.74) is 4.59. The van der Waals surface area contributed by atoms with E-state index in [-0.39, 0.29) is 11.8 Å². The maximum atomic E-state index is 12.7. The van der Waals surface area contributed by atoms with Crippen molar-refractivity contribution in [2.24, 2.45) is 0 Å². The van der Waals surface area contributed by atoms with E-state index in [2.05, 4.69) is 25.7 Å². The highest BCUT2D eigenvalue weighted by atomic mass is 16.2. The number of amides is 2. The molecule has 0 unspecified atom stereocenters. The summed E-state index contributed by atoms with van der Waals surface area (Å²) in [5.74, 6) is -0.492. The van der Waals surface area contributed by atoms with Crippen LogP contribution in [0, 0.1) is 6.92 Å². The fourth-order valence-corrected chi connectivity index (χ4v) is 3.54. The van der Waals surface area contributed by atoms with Crippen LogP contribution in [0.4, 0.5) is 11.4 Å². The van der Waals surface area contributed by atoms with Crippen LogP contribution in [0.2, 0.25) is 0 Å². The van der Waals surface area contributed by atoms with Crippen molar-refractivity contribution >= 4 is 34.1 Å². The zero-order valence-electron chi connectivity index (χ0n) is 17.7. The molecule has 0 aliphatic heterocycles. The van der Waals surface area contributed by atoms with Gasteiger partial charge < -0.3 is 15.6 Å². The van der Waals surface area contributed by atoms with Gasteiger partial charge in [0.05, 0.1) is 23.8 Å². The van der Waals surface area contributed by atoms with Gasteiger partial charge in [-0.05, 0) is 49.4 Å². The molecule has 0 bridgehead atoms. The number of nitrogens with zero attached hydrogens (tertiary/aromatic N) is 3. The van der Waals surface area contributed by atoms with Gasteiger partial charge in [-0.3, -0.25) is 14.6 Å². The first-order valence-corrected chi connectivity index (χ1v) is 10.3. The number of pyridine rings is 1. The van der Waals surface area contributed by atoms with Crippen molar-refractivity contribution < 1.29 is 9.59 Å². The first kappa shape index (κ1) is 20.2. The number of benzene rings is 2. The molecule has 0 saturated heterocycles. The molecule has 0 aliphatic rings. The topological polar surface area (TPSA) is 105 Å². The summed E-state index contributed by atoms with van der Waals surface area (Å²) in [5, 5.41) is 11.0. The summed E-state index contributed by atoms with van der Waals surface area (Å²) >= 11 is 0. The molecule has 2 amide bonds. The second-order valence-corrected chi connectivity index (χ2v) is 7.59. The molecule has 8 nitrogen and oxygen atoms in total. The molecule has 0 atom stereocenters. The summed E-state index contributed by atoms with van der Waals surface area (Å²) < 4.78 is 1.61. The van der Waals surface area contributed by atoms with Crippen molar-refractivity contribution in [2.75, 3.05) is 10.6 Å². The second-order valence-electron chi connectivity index (χ2n) is 7.59. The number of H-pyrrole nitrogens is 1. The Hall–Kier alpha value is -4.72. The molecular formula is C25H20N6O2. The molecule has 5 rings (SSSR count). The number of anilines is 2. The van der Waals surface area contributed by atoms with Gasteiger partial charge in [-0.2, -0.15) is 5.10 Å². The third-order valence-electron chi connectivity index (χ3n) is 5.14. The normalized spacial score (nSPS) is 10.8. The van der Waals surface area contributed by atoms with E-state index in [9.17, 15) is 9.59 Å². The largest absolute Gasteiger partial charge is 0.351 e. The van der Waals surface area contributed by atoms with Crippen LogP contribution in [0.25, 0.3) is 16.6 Å². The van der Waals surface area contributed by atoms with Gasteiger partial charge >= 0.3 is 0 Å². The van der Waals surface area contributed by atoms with Crippen molar-refractivity contribution in [3.63, 3.8) is 0 Å². The average Bonchev–Trinajstić information content (AvgIpc) is 3.46. The van der Waals surface area contributed by atoms with Crippen LogP contribution in [0.1, 0.15) is 26.5 Å². The highest BCUT2D eigenvalue weighted by Crippen LogP contribution is 2.18. The Labute approximate surface area is 189 Å². The summed E-state index contributed by atoms with van der Waals surface area (Å²) in [6.07, 6.45) is 4.91. The Morgan fingerprint density at radius 2 is 1.76 bits per heavy atom. The molecule has 0 spiro atoms. The molecule has 33 heavy (non-hydrogen) atoms. The molecule has 162 valence electrons. The standard InChI is InChI=1S/C25H20N6O2/c1-16-11-19(9-10-26-16)28-24(32)18-6-4-7-21(12-18)31-15-20(14-27-31)29-25(33)23-13-17-5-2-3-8-22(17)30-23/h2-15,30H,1H3,(H,29,33)(H,26,28,32). The van der Waals surface area contributed by atoms with E-state index < -0.39 is 0 Å². The lowest BCUT2D eigenvalue weighted by Gasteiger charge is -2.07. The number of aromatic nitrogens is 4. The number of carbonyl (C=O) groups is 2. The van der Waals surface area contributed by atoms with Gasteiger partial charge in [0.2, 0.25) is 0 Å². The van der Waals surface area contributed by atoms with E-state index in [1.54, 1.807) is 53.6 Å². The van der Waals surface area contributed by atoms with Crippen molar-refractivity contribution in [2.45, 2.75) is 6.92 Å². The number of hydrogen-bond acceptors (Lipinski definition) is 4. The lowest BCUT2D eigenvalue weighted by molar-refractivity contribution is 0.101. The van der Waals surface area contributed by atoms with Crippen LogP contribution >= 0.6 is 0 Å². The first-order chi connectivity index (χ1) is 16.0. The molecule has 0 saturated carbocycles. The highest BCUT2D eigenvalue weighted by molar-refractivity contribution is 6.06. The zero-order valence-corrected chi connectivity index (χ0v) is 17.7. The van der Waals surface area contributed by atoms with Crippen molar-refractivity contribution in [1.82, 2.24) is 19.7 Å². The van der Waals surface area contributed by atoms with Crippen LogP contribution in [-0.2, 0) is 0 Å². The van der Waals surface area contributed by atoms with Gasteiger partial charge in [0.15, 0.2) is 0 Å². The van der Waals surface area contributed by atoms with Crippen LogP contribution in [-0.4, -0.2) is 31.6 Å². The summed E-state index contributed by atoms with van der Waals surface area (Å²) in [4.78, 5) is 32.5. The van der Waals surface area contributed by atoms with Gasteiger partial charge in [0.1, 0.15) is 5.69 Å². The molecule has 0 radical (unpaired) electrons. The minimum atomic E-state index is -0.258. The van der Waals surface area contributed by atoms with E-state index in [1.807, 2.05) is 43.3 Å². The number of carbonyl (C=O) groups excluding carboxylic acids is 2. The minimum absolute atomic E-state index is 0.234. The summed E-state index contributed by atoms with van der Waals surface area (Å²) in [6.45, 7) is 1.86. The number of aromatic amines is 1. The van der Waals surface area contributed by atoms with Gasteiger partial charge in [-0.1, -0.05) is 24.3 Å². The van der Waals surface area contributed by atoms with Gasteiger partial charge in [-0.15, -0.1) is 0 Å². The predicted octanol–water partition coefficient (Wildman–Crippen LogP) is 4.56. The monoisotopic (exact) mass is 436 g/mol. The maximum absolute atomic E-state index is 12.7. The molecule has 3 heterocycles. The smallest absolute Gasteiger partial charge is 0.272 e. The van der Waals surface area contributed by atoms with E-state index in [0.717, 1.165) is 16.6 Å². The average molecular weight is 436 g/mol. The number of nitrogens with one attached hydrogen (secondary N) is 3. The maximum Gasteiger partial charge on any atom is 0.272 e. The zero-order chi connectivity index (χ0) is 22.8. The number of aryl methyl sites for hydroxylation is 1. The molecule has 0 aliphatic carbocycles. The van der Waals surface area contributed by atoms with Crippen molar-refractivity contribution in [3.8, 4) is 5.69 Å². The Kier molecular flexibility index (Phi) is 5.16. The lowest BCUT2D eigenvalue weighted by Crippen LogP contribution is -2.12. The predicted molar refractivity (Wildman–Crippen MR) is 127 cm³/mol. The van der Waals surface area contributed by atoms with Crippen LogP contribution in [0.3, 0.4) is 0 Å². The van der Waals surface area contributed by atoms with Gasteiger partial charge in [0, 0.05) is 34.0 Å².